The van der Waals surface area contributed by atoms with Crippen molar-refractivity contribution in [3.8, 4) is 0 Å². The zero-order valence-corrected chi connectivity index (χ0v) is 8.09. The molecule has 0 fully saturated rings. The summed E-state index contributed by atoms with van der Waals surface area (Å²) >= 11 is 0. The van der Waals surface area contributed by atoms with Gasteiger partial charge in [-0.2, -0.15) is 0 Å². The van der Waals surface area contributed by atoms with E-state index in [4.69, 9.17) is 0 Å². The highest BCUT2D eigenvalue weighted by atomic mass is 14.3. The summed E-state index contributed by atoms with van der Waals surface area (Å²) in [6.45, 7) is 4.73. The molecule has 0 spiro atoms. The molecule has 0 heterocycles. The first kappa shape index (κ1) is 8.10. The lowest BCUT2D eigenvalue weighted by Crippen LogP contribution is -2.20. The molecule has 0 nitrogen and oxygen atoms in total. The highest BCUT2D eigenvalue weighted by molar-refractivity contribution is 5.27. The maximum Gasteiger partial charge on any atom is -0.0159 e. The van der Waals surface area contributed by atoms with E-state index in [9.17, 15) is 0 Å². The Kier molecular flexibility index (Phi) is 2.08. The predicted molar refractivity (Wildman–Crippen MR) is 52.9 cm³/mol. The van der Waals surface area contributed by atoms with Gasteiger partial charge >= 0.3 is 0 Å². The van der Waals surface area contributed by atoms with Gasteiger partial charge in [0.15, 0.2) is 0 Å². The molecular weight excluding hydrogens is 144 g/mol. The molecule has 0 radical (unpaired) electrons. The molecule has 3 unspecified atom stereocenters. The minimum absolute atomic E-state index is 0.791. The van der Waals surface area contributed by atoms with E-state index in [1.165, 1.54) is 19.3 Å². The summed E-state index contributed by atoms with van der Waals surface area (Å²) in [6, 6.07) is 0. The van der Waals surface area contributed by atoms with Crippen LogP contribution in [0.4, 0.5) is 0 Å². The second-order valence-corrected chi connectivity index (χ2v) is 4.42. The predicted octanol–water partition coefficient (Wildman–Crippen LogP) is 3.55. The molecule has 2 rings (SSSR count). The van der Waals surface area contributed by atoms with E-state index in [1.807, 2.05) is 0 Å². The van der Waals surface area contributed by atoms with Crippen LogP contribution in [0.3, 0.4) is 0 Å². The van der Waals surface area contributed by atoms with Crippen molar-refractivity contribution < 1.29 is 0 Å². The summed E-state index contributed by atoms with van der Waals surface area (Å²) in [5, 5.41) is 0. The van der Waals surface area contributed by atoms with Crippen molar-refractivity contribution in [1.29, 1.82) is 0 Å². The van der Waals surface area contributed by atoms with Crippen LogP contribution < -0.4 is 0 Å². The minimum Gasteiger partial charge on any atom is -0.0842 e. The Labute approximate surface area is 75.4 Å². The van der Waals surface area contributed by atoms with Crippen LogP contribution in [0.15, 0.2) is 23.8 Å². The summed E-state index contributed by atoms with van der Waals surface area (Å²) in [6.07, 6.45) is 11.2. The van der Waals surface area contributed by atoms with Gasteiger partial charge in [0.2, 0.25) is 0 Å². The van der Waals surface area contributed by atoms with Crippen molar-refractivity contribution in [3.05, 3.63) is 23.8 Å². The molecule has 2 aliphatic rings. The van der Waals surface area contributed by atoms with Crippen LogP contribution in [-0.2, 0) is 0 Å². The highest BCUT2D eigenvalue weighted by Crippen LogP contribution is 2.37. The molecular formula is C12H18. The lowest BCUT2D eigenvalue weighted by Gasteiger charge is -2.32. The molecule has 12 heavy (non-hydrogen) atoms. The Hall–Kier alpha value is -0.520. The van der Waals surface area contributed by atoms with Gasteiger partial charge < -0.3 is 0 Å². The number of rotatable bonds is 0. The zero-order chi connectivity index (χ0) is 8.55. The summed E-state index contributed by atoms with van der Waals surface area (Å²) in [5.74, 6) is 2.57. The molecule has 0 aromatic heterocycles. The zero-order valence-electron chi connectivity index (χ0n) is 8.09. The second kappa shape index (κ2) is 3.08. The van der Waals surface area contributed by atoms with Crippen LogP contribution in [0, 0.1) is 17.8 Å². The largest absolute Gasteiger partial charge is 0.0842 e. The van der Waals surface area contributed by atoms with Crippen LogP contribution >= 0.6 is 0 Å². The Bertz CT molecular complexity index is 222. The lowest BCUT2D eigenvalue weighted by molar-refractivity contribution is 0.328. The first-order valence-electron chi connectivity index (χ1n) is 5.15. The quantitative estimate of drug-likeness (QED) is 0.511. The fourth-order valence-electron chi connectivity index (χ4n) is 2.40. The monoisotopic (exact) mass is 162 g/mol. The molecule has 0 N–H and O–H groups in total. The standard InChI is InChI=1S/C12H18/c1-9-7-11-5-3-4-6-12(11)8-10(9)2/h3,5,7,9-10,12H,4,6,8H2,1-2H3. The number of hydrogen-bond acceptors (Lipinski definition) is 0. The average Bonchev–Trinajstić information content (AvgIpc) is 2.07. The van der Waals surface area contributed by atoms with Crippen molar-refractivity contribution in [1.82, 2.24) is 0 Å². The Morgan fingerprint density at radius 3 is 3.00 bits per heavy atom. The molecule has 0 aliphatic heterocycles. The Balaban J connectivity index is 2.23. The van der Waals surface area contributed by atoms with Gasteiger partial charge in [0.05, 0.1) is 0 Å². The van der Waals surface area contributed by atoms with Crippen LogP contribution in [0.5, 0.6) is 0 Å². The first-order valence-corrected chi connectivity index (χ1v) is 5.15. The third kappa shape index (κ3) is 1.35. The van der Waals surface area contributed by atoms with Gasteiger partial charge in [0, 0.05) is 0 Å². The molecule has 0 aromatic carbocycles. The van der Waals surface area contributed by atoms with Crippen LogP contribution in [0.1, 0.15) is 33.1 Å². The topological polar surface area (TPSA) is 0 Å². The van der Waals surface area contributed by atoms with Crippen LogP contribution in [0.2, 0.25) is 0 Å². The number of allylic oxidation sites excluding steroid dienone is 4. The Morgan fingerprint density at radius 1 is 1.33 bits per heavy atom. The van der Waals surface area contributed by atoms with E-state index in [0.29, 0.717) is 0 Å². The number of fused-ring (bicyclic) bond motifs is 1. The maximum atomic E-state index is 2.48. The molecule has 66 valence electrons. The fraction of sp³-hybridized carbons (Fsp3) is 0.667. The Morgan fingerprint density at radius 2 is 2.17 bits per heavy atom. The lowest BCUT2D eigenvalue weighted by atomic mass is 9.73. The SMILES string of the molecule is CC1C=C2C=CCCC2CC1C. The third-order valence-electron chi connectivity index (χ3n) is 3.47. The molecule has 0 heteroatoms. The van der Waals surface area contributed by atoms with Gasteiger partial charge in [-0.05, 0) is 42.6 Å². The fourth-order valence-corrected chi connectivity index (χ4v) is 2.40. The normalized spacial score (nSPS) is 40.5. The summed E-state index contributed by atoms with van der Waals surface area (Å²) in [5.41, 5.74) is 1.62. The number of hydrogen-bond donors (Lipinski definition) is 0. The second-order valence-electron chi connectivity index (χ2n) is 4.42. The minimum atomic E-state index is 0.791. The van der Waals surface area contributed by atoms with E-state index >= 15 is 0 Å². The molecule has 0 aromatic rings. The molecule has 2 aliphatic carbocycles. The van der Waals surface area contributed by atoms with E-state index in [-0.39, 0.29) is 0 Å². The molecule has 0 saturated carbocycles. The van der Waals surface area contributed by atoms with Crippen LogP contribution in [0.25, 0.3) is 0 Å². The van der Waals surface area contributed by atoms with Gasteiger partial charge in [-0.1, -0.05) is 32.1 Å². The van der Waals surface area contributed by atoms with Crippen molar-refractivity contribution >= 4 is 0 Å². The molecule has 0 amide bonds. The van der Waals surface area contributed by atoms with E-state index in [1.54, 1.807) is 5.57 Å². The van der Waals surface area contributed by atoms with Gasteiger partial charge in [0.25, 0.3) is 0 Å². The van der Waals surface area contributed by atoms with Gasteiger partial charge in [-0.25, -0.2) is 0 Å². The highest BCUT2D eigenvalue weighted by Gasteiger charge is 2.25. The third-order valence-corrected chi connectivity index (χ3v) is 3.47. The molecule has 0 saturated heterocycles. The van der Waals surface area contributed by atoms with Crippen molar-refractivity contribution in [2.45, 2.75) is 33.1 Å². The van der Waals surface area contributed by atoms with E-state index < -0.39 is 0 Å². The summed E-state index contributed by atoms with van der Waals surface area (Å²) in [7, 11) is 0. The molecule has 3 atom stereocenters. The van der Waals surface area contributed by atoms with Crippen molar-refractivity contribution in [3.63, 3.8) is 0 Å². The van der Waals surface area contributed by atoms with Crippen LogP contribution in [-0.4, -0.2) is 0 Å². The van der Waals surface area contributed by atoms with Gasteiger partial charge in [-0.15, -0.1) is 0 Å². The molecule has 0 bridgehead atoms. The van der Waals surface area contributed by atoms with Crippen molar-refractivity contribution in [2.75, 3.05) is 0 Å². The van der Waals surface area contributed by atoms with E-state index in [2.05, 4.69) is 32.1 Å². The maximum absolute atomic E-state index is 2.48. The first-order chi connectivity index (χ1) is 5.77. The summed E-state index contributed by atoms with van der Waals surface area (Å²) < 4.78 is 0. The van der Waals surface area contributed by atoms with Gasteiger partial charge in [-0.3, -0.25) is 0 Å². The average molecular weight is 162 g/mol. The van der Waals surface area contributed by atoms with Gasteiger partial charge in [0.1, 0.15) is 0 Å². The van der Waals surface area contributed by atoms with Crippen molar-refractivity contribution in [2.24, 2.45) is 17.8 Å². The smallest absolute Gasteiger partial charge is 0.0159 e. The summed E-state index contributed by atoms with van der Waals surface area (Å²) in [4.78, 5) is 0. The van der Waals surface area contributed by atoms with E-state index in [0.717, 1.165) is 17.8 Å².